The number of fused-ring (bicyclic) bond motifs is 1. The number of anilines is 1. The first-order valence-electron chi connectivity index (χ1n) is 9.43. The maximum absolute atomic E-state index is 12.4. The molecule has 0 aliphatic carbocycles. The largest absolute Gasteiger partial charge is 0.493 e. The molecule has 29 heavy (non-hydrogen) atoms. The van der Waals surface area contributed by atoms with Crippen molar-refractivity contribution in [2.75, 3.05) is 32.6 Å². The molecule has 0 fully saturated rings. The van der Waals surface area contributed by atoms with Crippen LogP contribution in [0.2, 0.25) is 0 Å². The summed E-state index contributed by atoms with van der Waals surface area (Å²) in [7, 11) is 3.24. The summed E-state index contributed by atoms with van der Waals surface area (Å²) in [5.41, 5.74) is 3.34. The highest BCUT2D eigenvalue weighted by atomic mass is 16.6. The Labute approximate surface area is 169 Å². The molecule has 3 rings (SSSR count). The molecule has 2 aromatic carbocycles. The van der Waals surface area contributed by atoms with Gasteiger partial charge in [-0.3, -0.25) is 19.8 Å². The Bertz CT molecular complexity index is 929. The number of nitro groups is 1. The van der Waals surface area contributed by atoms with Crippen LogP contribution in [0.1, 0.15) is 23.1 Å². The van der Waals surface area contributed by atoms with E-state index in [1.165, 1.54) is 17.2 Å². The summed E-state index contributed by atoms with van der Waals surface area (Å²) in [5.74, 6) is 1.27. The summed E-state index contributed by atoms with van der Waals surface area (Å²) >= 11 is 0. The summed E-state index contributed by atoms with van der Waals surface area (Å²) in [6.45, 7) is 3.83. The Kier molecular flexibility index (Phi) is 6.33. The number of nitrogens with one attached hydrogen (secondary N) is 1. The molecule has 1 aliphatic heterocycles. The second-order valence-corrected chi connectivity index (χ2v) is 7.01. The fraction of sp³-hybridized carbons (Fsp3) is 0.381. The average Bonchev–Trinajstić information content (AvgIpc) is 2.72. The van der Waals surface area contributed by atoms with E-state index in [1.54, 1.807) is 33.3 Å². The minimum atomic E-state index is -0.445. The minimum absolute atomic E-state index is 0.000173. The van der Waals surface area contributed by atoms with Gasteiger partial charge in [0, 0.05) is 32.1 Å². The highest BCUT2D eigenvalue weighted by Gasteiger charge is 2.20. The van der Waals surface area contributed by atoms with Crippen LogP contribution < -0.4 is 14.8 Å². The SMILES string of the molecule is COc1cc2c(cc1OC)CN(CCC(=O)Nc1cccc([N+](=O)[O-])c1C)CC2. The normalized spacial score (nSPS) is 13.5. The molecule has 1 aliphatic rings. The molecule has 8 nitrogen and oxygen atoms in total. The molecule has 8 heteroatoms. The summed E-state index contributed by atoms with van der Waals surface area (Å²) in [4.78, 5) is 25.2. The number of amides is 1. The molecular formula is C21H25N3O5. The molecule has 1 amide bonds. The minimum Gasteiger partial charge on any atom is -0.493 e. The zero-order chi connectivity index (χ0) is 21.0. The Morgan fingerprint density at radius 3 is 2.55 bits per heavy atom. The van der Waals surface area contributed by atoms with E-state index in [1.807, 2.05) is 12.1 Å². The van der Waals surface area contributed by atoms with Gasteiger partial charge in [0.05, 0.1) is 30.4 Å². The van der Waals surface area contributed by atoms with Gasteiger partial charge in [-0.1, -0.05) is 6.07 Å². The third kappa shape index (κ3) is 4.65. The molecule has 0 spiro atoms. The molecule has 1 heterocycles. The van der Waals surface area contributed by atoms with Gasteiger partial charge >= 0.3 is 0 Å². The smallest absolute Gasteiger partial charge is 0.274 e. The monoisotopic (exact) mass is 399 g/mol. The lowest BCUT2D eigenvalue weighted by molar-refractivity contribution is -0.385. The van der Waals surface area contributed by atoms with Crippen molar-refractivity contribution in [2.24, 2.45) is 0 Å². The number of benzene rings is 2. The van der Waals surface area contributed by atoms with Crippen molar-refractivity contribution in [1.82, 2.24) is 4.90 Å². The molecule has 2 aromatic rings. The molecule has 0 unspecified atom stereocenters. The van der Waals surface area contributed by atoms with Crippen LogP contribution in [0.5, 0.6) is 11.5 Å². The van der Waals surface area contributed by atoms with Crippen LogP contribution in [-0.2, 0) is 17.8 Å². The number of nitrogens with zero attached hydrogens (tertiary/aromatic N) is 2. The average molecular weight is 399 g/mol. The molecule has 0 aromatic heterocycles. The highest BCUT2D eigenvalue weighted by Crippen LogP contribution is 2.33. The number of ether oxygens (including phenoxy) is 2. The molecule has 0 bridgehead atoms. The lowest BCUT2D eigenvalue weighted by Gasteiger charge is -2.29. The Hall–Kier alpha value is -3.13. The molecule has 1 N–H and O–H groups in total. The quantitative estimate of drug-likeness (QED) is 0.567. The molecule has 0 saturated carbocycles. The van der Waals surface area contributed by atoms with Crippen molar-refractivity contribution < 1.29 is 19.2 Å². The van der Waals surface area contributed by atoms with E-state index < -0.39 is 4.92 Å². The zero-order valence-electron chi connectivity index (χ0n) is 16.9. The van der Waals surface area contributed by atoms with Gasteiger partial charge in [0.15, 0.2) is 11.5 Å². The number of carbonyl (C=O) groups excluding carboxylic acids is 1. The van der Waals surface area contributed by atoms with Crippen molar-refractivity contribution in [1.29, 1.82) is 0 Å². The van der Waals surface area contributed by atoms with Gasteiger partial charge in [-0.2, -0.15) is 0 Å². The molecular weight excluding hydrogens is 374 g/mol. The summed E-state index contributed by atoms with van der Waals surface area (Å²) in [5, 5.41) is 13.8. The van der Waals surface area contributed by atoms with E-state index in [0.29, 0.717) is 30.0 Å². The first kappa shape index (κ1) is 20.6. The van der Waals surface area contributed by atoms with Gasteiger partial charge in [0.1, 0.15) is 0 Å². The van der Waals surface area contributed by atoms with Crippen LogP contribution >= 0.6 is 0 Å². The van der Waals surface area contributed by atoms with Crippen molar-refractivity contribution in [3.63, 3.8) is 0 Å². The van der Waals surface area contributed by atoms with Crippen molar-refractivity contribution in [2.45, 2.75) is 26.3 Å². The predicted octanol–water partition coefficient (Wildman–Crippen LogP) is 3.31. The standard InChI is InChI=1S/C21H25N3O5/c1-14-17(5-4-6-18(14)24(26)27)22-21(25)8-10-23-9-7-15-11-19(28-2)20(29-3)12-16(15)13-23/h4-6,11-12H,7-10,13H2,1-3H3,(H,22,25). The molecule has 0 atom stereocenters. The second-order valence-electron chi connectivity index (χ2n) is 7.01. The lowest BCUT2D eigenvalue weighted by atomic mass is 9.98. The topological polar surface area (TPSA) is 93.9 Å². The fourth-order valence-corrected chi connectivity index (χ4v) is 3.56. The summed E-state index contributed by atoms with van der Waals surface area (Å²) in [6, 6.07) is 8.69. The van der Waals surface area contributed by atoms with Gasteiger partial charge in [-0.15, -0.1) is 0 Å². The van der Waals surface area contributed by atoms with Crippen molar-refractivity contribution in [3.8, 4) is 11.5 Å². The molecule has 0 saturated heterocycles. The van der Waals surface area contributed by atoms with Gasteiger partial charge < -0.3 is 14.8 Å². The molecule has 154 valence electrons. The van der Waals surface area contributed by atoms with Crippen LogP contribution in [0.3, 0.4) is 0 Å². The van der Waals surface area contributed by atoms with Gasteiger partial charge in [0.25, 0.3) is 5.69 Å². The van der Waals surface area contributed by atoms with E-state index in [4.69, 9.17) is 9.47 Å². The van der Waals surface area contributed by atoms with Crippen LogP contribution in [0.25, 0.3) is 0 Å². The Morgan fingerprint density at radius 2 is 1.90 bits per heavy atom. The third-order valence-corrected chi connectivity index (χ3v) is 5.23. The Balaban J connectivity index is 1.60. The predicted molar refractivity (Wildman–Crippen MR) is 110 cm³/mol. The van der Waals surface area contributed by atoms with Crippen LogP contribution in [0.4, 0.5) is 11.4 Å². The van der Waals surface area contributed by atoms with E-state index in [9.17, 15) is 14.9 Å². The maximum Gasteiger partial charge on any atom is 0.274 e. The first-order valence-corrected chi connectivity index (χ1v) is 9.43. The van der Waals surface area contributed by atoms with Crippen LogP contribution in [0.15, 0.2) is 30.3 Å². The first-order chi connectivity index (χ1) is 13.9. The van der Waals surface area contributed by atoms with Gasteiger partial charge in [-0.05, 0) is 42.7 Å². The second kappa shape index (κ2) is 8.91. The van der Waals surface area contributed by atoms with Crippen LogP contribution in [0, 0.1) is 17.0 Å². The summed E-state index contributed by atoms with van der Waals surface area (Å²) < 4.78 is 10.7. The lowest BCUT2D eigenvalue weighted by Crippen LogP contribution is -2.33. The van der Waals surface area contributed by atoms with E-state index >= 15 is 0 Å². The number of nitro benzene ring substituents is 1. The fourth-order valence-electron chi connectivity index (χ4n) is 3.56. The maximum atomic E-state index is 12.4. The number of methoxy groups -OCH3 is 2. The number of rotatable bonds is 7. The van der Waals surface area contributed by atoms with Crippen LogP contribution in [-0.4, -0.2) is 43.0 Å². The summed E-state index contributed by atoms with van der Waals surface area (Å²) in [6.07, 6.45) is 1.19. The van der Waals surface area contributed by atoms with Gasteiger partial charge in [0.2, 0.25) is 5.91 Å². The van der Waals surface area contributed by atoms with E-state index in [2.05, 4.69) is 10.2 Å². The van der Waals surface area contributed by atoms with E-state index in [-0.39, 0.29) is 11.6 Å². The Morgan fingerprint density at radius 1 is 1.21 bits per heavy atom. The van der Waals surface area contributed by atoms with Crippen molar-refractivity contribution >= 4 is 17.3 Å². The number of hydrogen-bond acceptors (Lipinski definition) is 6. The zero-order valence-corrected chi connectivity index (χ0v) is 16.9. The molecule has 0 radical (unpaired) electrons. The van der Waals surface area contributed by atoms with Crippen molar-refractivity contribution in [3.05, 3.63) is 57.1 Å². The number of hydrogen-bond donors (Lipinski definition) is 1. The van der Waals surface area contributed by atoms with E-state index in [0.717, 1.165) is 25.3 Å². The third-order valence-electron chi connectivity index (χ3n) is 5.23. The highest BCUT2D eigenvalue weighted by molar-refractivity contribution is 5.92. The number of carbonyl (C=O) groups is 1. The van der Waals surface area contributed by atoms with Gasteiger partial charge in [-0.25, -0.2) is 0 Å².